The zero-order chi connectivity index (χ0) is 53.2. The number of likely N-dealkylation sites (tertiary alicyclic amines) is 1. The van der Waals surface area contributed by atoms with Crippen molar-refractivity contribution in [1.29, 1.82) is 5.26 Å². The summed E-state index contributed by atoms with van der Waals surface area (Å²) in [6.45, 7) is 21.0. The van der Waals surface area contributed by atoms with Gasteiger partial charge in [-0.15, -0.1) is 11.3 Å². The predicted molar refractivity (Wildman–Crippen MR) is 277 cm³/mol. The lowest BCUT2D eigenvalue weighted by Crippen LogP contribution is -2.74. The van der Waals surface area contributed by atoms with Crippen LogP contribution in [0.25, 0.3) is 10.4 Å². The van der Waals surface area contributed by atoms with Crippen LogP contribution in [0.5, 0.6) is 5.75 Å². The van der Waals surface area contributed by atoms with Gasteiger partial charge in [0.25, 0.3) is 5.91 Å². The Labute approximate surface area is 437 Å². The van der Waals surface area contributed by atoms with Crippen molar-refractivity contribution in [2.24, 2.45) is 16.2 Å². The number of fused-ring (bicyclic) bond motifs is 1. The Kier molecular flexibility index (Phi) is 16.4. The molecule has 1 aliphatic carbocycles. The van der Waals surface area contributed by atoms with E-state index in [0.717, 1.165) is 32.8 Å². The molecule has 2 fully saturated rings. The van der Waals surface area contributed by atoms with Gasteiger partial charge in [0.05, 0.1) is 52.0 Å². The summed E-state index contributed by atoms with van der Waals surface area (Å²) in [6.07, 6.45) is -1.25. The van der Waals surface area contributed by atoms with E-state index in [-0.39, 0.29) is 50.8 Å². The number of thiazole rings is 1. The zero-order valence-electron chi connectivity index (χ0n) is 43.4. The Morgan fingerprint density at radius 2 is 1.71 bits per heavy atom. The van der Waals surface area contributed by atoms with E-state index in [1.165, 1.54) is 11.8 Å². The van der Waals surface area contributed by atoms with Crippen molar-refractivity contribution < 1.29 is 42.9 Å². The first-order valence-electron chi connectivity index (χ1n) is 24.5. The molecule has 1 saturated heterocycles. The third-order valence-corrected chi connectivity index (χ3v) is 15.3. The maximum Gasteiger partial charge on any atom is 0.302 e. The first-order valence-corrected chi connectivity index (χ1v) is 25.7. The summed E-state index contributed by atoms with van der Waals surface area (Å²) in [5, 5.41) is 15.5. The molecule has 0 radical (unpaired) electrons. The Balaban J connectivity index is 0.886. The molecule has 1 unspecified atom stereocenters. The van der Waals surface area contributed by atoms with E-state index in [2.05, 4.69) is 61.2 Å². The molecule has 386 valence electrons. The summed E-state index contributed by atoms with van der Waals surface area (Å²) in [7, 11) is 0. The summed E-state index contributed by atoms with van der Waals surface area (Å²) < 4.78 is 23.6. The molecule has 0 spiro atoms. The lowest BCUT2D eigenvalue weighted by Gasteiger charge is -2.65. The van der Waals surface area contributed by atoms with Gasteiger partial charge in [0, 0.05) is 54.0 Å². The minimum Gasteiger partial charge on any atom is -0.489 e. The van der Waals surface area contributed by atoms with Crippen molar-refractivity contribution in [1.82, 2.24) is 25.4 Å². The number of carbonyl (C=O) groups is 5. The zero-order valence-corrected chi connectivity index (χ0v) is 45.0. The van der Waals surface area contributed by atoms with Crippen LogP contribution in [0.15, 0.2) is 66.2 Å². The van der Waals surface area contributed by atoms with Crippen LogP contribution in [0.4, 0.5) is 0 Å². The molecule has 0 bridgehead atoms. The second kappa shape index (κ2) is 22.0. The van der Waals surface area contributed by atoms with Crippen LogP contribution in [0, 0.1) is 46.3 Å². The van der Waals surface area contributed by atoms with Crippen LogP contribution >= 0.6 is 22.9 Å². The highest BCUT2D eigenvalue weighted by atomic mass is 35.5. The summed E-state index contributed by atoms with van der Waals surface area (Å²) in [6, 6.07) is 18.1. The SMILES string of the molecule is CC(=O)O[C@@H]1C[C@@H](C(=O)N[C@@H](C)c2ccc(-c3scnc3C)cc2)N(C(=O)[C@@H](NC(=O)COCC(C)OCC#Cc2ccc3c(c2)CN(C2C(C)(C)C(Oc4ccc(C#N)c(Cl)c4)C2(C)C)C3=O)C(C)(C)C)C1. The number of amides is 4. The fraction of sp³-hybridized carbons (Fsp3) is 0.482. The van der Waals surface area contributed by atoms with Crippen LogP contribution in [0.3, 0.4) is 0 Å². The van der Waals surface area contributed by atoms with Crippen LogP contribution in [-0.4, -0.2) is 107 Å². The minimum atomic E-state index is -1.04. The standard InChI is InChI=1S/C56H65ClN6O9S/c1-32(70-22-12-13-36-14-21-43-40(23-36)27-63(50(43)67)52-55(8,9)53(56(52,10)11)72-41-20-19-39(26-58)44(57)24-41)29-69-30-46(65)61-48(54(5,6)7)51(68)62-28-42(71-35(4)64)25-45(62)49(66)60-33(2)37-15-17-38(18-16-37)47-34(3)59-31-73-47/h14-21,23-24,31-33,42,45,48,52-53H,22,25,27-30H2,1-11H3,(H,60,66)(H,61,65)/t32?,33-,42+,45-,48+,52?,53?/m0/s1. The minimum absolute atomic E-state index is 0.0102. The van der Waals surface area contributed by atoms with Gasteiger partial charge in [-0.25, -0.2) is 4.98 Å². The number of ether oxygens (including phenoxy) is 4. The number of carbonyl (C=O) groups excluding carboxylic acids is 5. The van der Waals surface area contributed by atoms with Crippen molar-refractivity contribution in [2.75, 3.05) is 26.4 Å². The van der Waals surface area contributed by atoms with Gasteiger partial charge in [0.1, 0.15) is 49.3 Å². The van der Waals surface area contributed by atoms with Crippen molar-refractivity contribution in [3.8, 4) is 34.1 Å². The molecule has 15 nitrogen and oxygen atoms in total. The van der Waals surface area contributed by atoms with Crippen LogP contribution < -0.4 is 15.4 Å². The molecule has 2 aliphatic heterocycles. The molecule has 5 atom stereocenters. The van der Waals surface area contributed by atoms with Gasteiger partial charge < -0.3 is 39.4 Å². The molecule has 3 aromatic carbocycles. The molecule has 3 aliphatic rings. The molecule has 73 heavy (non-hydrogen) atoms. The predicted octanol–water partition coefficient (Wildman–Crippen LogP) is 8.20. The number of halogens is 1. The van der Waals surface area contributed by atoms with Gasteiger partial charge >= 0.3 is 5.97 Å². The van der Waals surface area contributed by atoms with E-state index < -0.39 is 70.3 Å². The number of nitrogens with zero attached hydrogens (tertiary/aromatic N) is 4. The topological polar surface area (TPSA) is 189 Å². The number of hydrogen-bond donors (Lipinski definition) is 2. The monoisotopic (exact) mass is 1030 g/mol. The van der Waals surface area contributed by atoms with Gasteiger partial charge in [0.15, 0.2) is 0 Å². The molecule has 2 N–H and O–H groups in total. The van der Waals surface area contributed by atoms with Crippen molar-refractivity contribution in [3.05, 3.63) is 105 Å². The highest BCUT2D eigenvalue weighted by Gasteiger charge is 2.67. The lowest BCUT2D eigenvalue weighted by atomic mass is 9.49. The Hall–Kier alpha value is -6.30. The first-order chi connectivity index (χ1) is 34.4. The van der Waals surface area contributed by atoms with E-state index in [9.17, 15) is 29.2 Å². The fourth-order valence-corrected chi connectivity index (χ4v) is 11.9. The molecule has 3 heterocycles. The molecule has 1 saturated carbocycles. The number of aryl methyl sites for hydroxylation is 1. The third kappa shape index (κ3) is 12.1. The normalized spacial score (nSPS) is 20.8. The molecule has 1 aromatic heterocycles. The highest BCUT2D eigenvalue weighted by molar-refractivity contribution is 7.13. The van der Waals surface area contributed by atoms with Gasteiger partial charge in [-0.1, -0.05) is 96.2 Å². The summed E-state index contributed by atoms with van der Waals surface area (Å²) in [5.74, 6) is 4.79. The van der Waals surface area contributed by atoms with E-state index in [4.69, 9.17) is 30.5 Å². The second-order valence-corrected chi connectivity index (χ2v) is 22.8. The average molecular weight is 1030 g/mol. The van der Waals surface area contributed by atoms with Gasteiger partial charge in [-0.3, -0.25) is 24.0 Å². The summed E-state index contributed by atoms with van der Waals surface area (Å²) >= 11 is 7.85. The molecule has 4 aromatic rings. The maximum atomic E-state index is 14.4. The number of rotatable bonds is 16. The van der Waals surface area contributed by atoms with Crippen molar-refractivity contribution in [3.63, 3.8) is 0 Å². The molecular weight excluding hydrogens is 968 g/mol. The maximum absolute atomic E-state index is 14.4. The lowest BCUT2D eigenvalue weighted by molar-refractivity contribution is -0.199. The second-order valence-electron chi connectivity index (χ2n) is 21.5. The molecule has 7 rings (SSSR count). The fourth-order valence-electron chi connectivity index (χ4n) is 10.9. The van der Waals surface area contributed by atoms with Gasteiger partial charge in [-0.2, -0.15) is 5.26 Å². The van der Waals surface area contributed by atoms with Crippen molar-refractivity contribution in [2.45, 2.75) is 132 Å². The van der Waals surface area contributed by atoms with Crippen LogP contribution in [-0.2, 0) is 39.9 Å². The van der Waals surface area contributed by atoms with E-state index in [1.54, 1.807) is 42.0 Å². The molecular formula is C56H65ClN6O9S. The Morgan fingerprint density at radius 3 is 2.34 bits per heavy atom. The smallest absolute Gasteiger partial charge is 0.302 e. The summed E-state index contributed by atoms with van der Waals surface area (Å²) in [4.78, 5) is 76.2. The first kappa shape index (κ1) is 54.5. The number of nitriles is 1. The van der Waals surface area contributed by atoms with Crippen molar-refractivity contribution >= 4 is 52.5 Å². The molecule has 4 amide bonds. The van der Waals surface area contributed by atoms with Crippen LogP contribution in [0.2, 0.25) is 5.02 Å². The summed E-state index contributed by atoms with van der Waals surface area (Å²) in [5.41, 5.74) is 5.75. The number of hydrogen-bond acceptors (Lipinski definition) is 12. The number of esters is 1. The third-order valence-electron chi connectivity index (χ3n) is 14.0. The Morgan fingerprint density at radius 1 is 1.00 bits per heavy atom. The van der Waals surface area contributed by atoms with Gasteiger partial charge in [0.2, 0.25) is 17.7 Å². The quantitative estimate of drug-likeness (QED) is 0.0813. The van der Waals surface area contributed by atoms with E-state index in [1.807, 2.05) is 82.0 Å². The average Bonchev–Trinajstić information content (AvgIpc) is 4.04. The van der Waals surface area contributed by atoms with Crippen LogP contribution in [0.1, 0.15) is 120 Å². The number of aromatic nitrogens is 1. The van der Waals surface area contributed by atoms with E-state index >= 15 is 0 Å². The largest absolute Gasteiger partial charge is 0.489 e. The highest BCUT2D eigenvalue weighted by Crippen LogP contribution is 2.59. The number of nitrogens with one attached hydrogen (secondary N) is 2. The number of benzene rings is 3. The van der Waals surface area contributed by atoms with Gasteiger partial charge in [-0.05, 0) is 73.2 Å². The Bertz CT molecular complexity index is 2840. The molecule has 17 heteroatoms. The van der Waals surface area contributed by atoms with E-state index in [0.29, 0.717) is 28.4 Å².